The summed E-state index contributed by atoms with van der Waals surface area (Å²) in [6.45, 7) is 2.25. The summed E-state index contributed by atoms with van der Waals surface area (Å²) in [7, 11) is 1.68. The Hall–Kier alpha value is -1.39. The van der Waals surface area contributed by atoms with Crippen LogP contribution in [0.15, 0.2) is 22.6 Å². The van der Waals surface area contributed by atoms with Gasteiger partial charge in [0.15, 0.2) is 0 Å². The number of furan rings is 1. The average molecular weight is 287 g/mol. The lowest BCUT2D eigenvalue weighted by Gasteiger charge is -2.14. The van der Waals surface area contributed by atoms with Crippen molar-refractivity contribution in [2.75, 3.05) is 7.05 Å². The molecular formula is C12H12Cl2N2O2. The Kier molecular flexibility index (Phi) is 3.68. The number of carbonyl (C=O) groups is 1. The van der Waals surface area contributed by atoms with Gasteiger partial charge < -0.3 is 14.3 Å². The van der Waals surface area contributed by atoms with Crippen LogP contribution in [0, 0.1) is 6.92 Å². The number of aromatic nitrogens is 1. The lowest BCUT2D eigenvalue weighted by atomic mass is 10.3. The first-order valence-corrected chi connectivity index (χ1v) is 6.07. The second kappa shape index (κ2) is 5.08. The molecule has 2 rings (SSSR count). The summed E-state index contributed by atoms with van der Waals surface area (Å²) in [5.74, 6) is 1.35. The minimum absolute atomic E-state index is 0.196. The van der Waals surface area contributed by atoms with Gasteiger partial charge in [-0.05, 0) is 25.1 Å². The zero-order chi connectivity index (χ0) is 13.3. The minimum atomic E-state index is -0.196. The summed E-state index contributed by atoms with van der Waals surface area (Å²) in [6, 6.07) is 5.21. The van der Waals surface area contributed by atoms with Crippen LogP contribution in [0.1, 0.15) is 22.0 Å². The van der Waals surface area contributed by atoms with Crippen molar-refractivity contribution in [3.63, 3.8) is 0 Å². The Balaban J connectivity index is 2.09. The van der Waals surface area contributed by atoms with Crippen molar-refractivity contribution >= 4 is 29.1 Å². The molecule has 4 nitrogen and oxygen atoms in total. The molecule has 0 aliphatic carbocycles. The summed E-state index contributed by atoms with van der Waals surface area (Å²) in [5.41, 5.74) is 0.357. The Morgan fingerprint density at radius 1 is 1.44 bits per heavy atom. The molecule has 1 N–H and O–H groups in total. The lowest BCUT2D eigenvalue weighted by Crippen LogP contribution is -2.26. The van der Waals surface area contributed by atoms with E-state index in [1.807, 2.05) is 19.1 Å². The van der Waals surface area contributed by atoms with Crippen molar-refractivity contribution in [2.24, 2.45) is 0 Å². The van der Waals surface area contributed by atoms with Gasteiger partial charge in [0, 0.05) is 7.05 Å². The number of H-pyrrole nitrogens is 1. The second-order valence-electron chi connectivity index (χ2n) is 4.02. The number of hydrogen-bond acceptors (Lipinski definition) is 2. The molecule has 0 radical (unpaired) electrons. The first-order chi connectivity index (χ1) is 8.47. The molecular weight excluding hydrogens is 275 g/mol. The summed E-state index contributed by atoms with van der Waals surface area (Å²) >= 11 is 11.6. The quantitative estimate of drug-likeness (QED) is 0.939. The predicted molar refractivity (Wildman–Crippen MR) is 70.1 cm³/mol. The van der Waals surface area contributed by atoms with Crippen molar-refractivity contribution in [2.45, 2.75) is 13.5 Å². The van der Waals surface area contributed by atoms with E-state index in [1.165, 1.54) is 11.0 Å². The minimum Gasteiger partial charge on any atom is -0.464 e. The molecule has 0 fully saturated rings. The standard InChI is InChI=1S/C12H12Cl2N2O2/c1-7-3-4-8(18-7)6-16(2)12(17)10-5-9(13)11(14)15-10/h3-5,15H,6H2,1-2H3. The first kappa shape index (κ1) is 13.1. The van der Waals surface area contributed by atoms with Crippen LogP contribution in [-0.4, -0.2) is 22.8 Å². The topological polar surface area (TPSA) is 49.2 Å². The molecule has 0 aromatic carbocycles. The van der Waals surface area contributed by atoms with Gasteiger partial charge in [-0.25, -0.2) is 0 Å². The highest BCUT2D eigenvalue weighted by Gasteiger charge is 2.17. The number of carbonyl (C=O) groups excluding carboxylic acids is 1. The smallest absolute Gasteiger partial charge is 0.270 e. The molecule has 0 spiro atoms. The van der Waals surface area contributed by atoms with Gasteiger partial charge in [0.05, 0.1) is 11.6 Å². The van der Waals surface area contributed by atoms with Crippen LogP contribution in [0.2, 0.25) is 10.2 Å². The summed E-state index contributed by atoms with van der Waals surface area (Å²) in [4.78, 5) is 16.3. The van der Waals surface area contributed by atoms with E-state index >= 15 is 0 Å². The maximum Gasteiger partial charge on any atom is 0.270 e. The van der Waals surface area contributed by atoms with Crippen LogP contribution in [0.4, 0.5) is 0 Å². The molecule has 0 unspecified atom stereocenters. The Morgan fingerprint density at radius 2 is 2.17 bits per heavy atom. The third-order valence-corrected chi connectivity index (χ3v) is 3.18. The number of amides is 1. The molecule has 2 aromatic heterocycles. The predicted octanol–water partition coefficient (Wildman–Crippen LogP) is 3.50. The van der Waals surface area contributed by atoms with Crippen LogP contribution in [0.25, 0.3) is 0 Å². The number of hydrogen-bond donors (Lipinski definition) is 1. The first-order valence-electron chi connectivity index (χ1n) is 5.32. The van der Waals surface area contributed by atoms with Crippen LogP contribution in [0.3, 0.4) is 0 Å². The average Bonchev–Trinajstić information content (AvgIpc) is 2.85. The number of aromatic amines is 1. The fourth-order valence-electron chi connectivity index (χ4n) is 1.60. The fraction of sp³-hybridized carbons (Fsp3) is 0.250. The third-order valence-electron chi connectivity index (χ3n) is 2.49. The van der Waals surface area contributed by atoms with Crippen molar-refractivity contribution < 1.29 is 9.21 Å². The normalized spacial score (nSPS) is 10.7. The Bertz CT molecular complexity index is 555. The molecule has 2 aromatic rings. The van der Waals surface area contributed by atoms with E-state index in [9.17, 15) is 4.79 Å². The maximum absolute atomic E-state index is 12.1. The van der Waals surface area contributed by atoms with E-state index in [2.05, 4.69) is 4.98 Å². The number of nitrogens with one attached hydrogen (secondary N) is 1. The Labute approximate surface area is 114 Å². The zero-order valence-electron chi connectivity index (χ0n) is 9.96. The van der Waals surface area contributed by atoms with Gasteiger partial charge in [0.1, 0.15) is 22.4 Å². The van der Waals surface area contributed by atoms with Crippen molar-refractivity contribution in [3.05, 3.63) is 45.6 Å². The van der Waals surface area contributed by atoms with E-state index in [1.54, 1.807) is 7.05 Å². The van der Waals surface area contributed by atoms with Gasteiger partial charge >= 0.3 is 0 Å². The summed E-state index contributed by atoms with van der Waals surface area (Å²) in [6.07, 6.45) is 0. The van der Waals surface area contributed by atoms with Gasteiger partial charge in [0.25, 0.3) is 5.91 Å². The monoisotopic (exact) mass is 286 g/mol. The van der Waals surface area contributed by atoms with Gasteiger partial charge in [-0.2, -0.15) is 0 Å². The number of halogens is 2. The highest BCUT2D eigenvalue weighted by molar-refractivity contribution is 6.41. The van der Waals surface area contributed by atoms with Crippen molar-refractivity contribution in [1.82, 2.24) is 9.88 Å². The molecule has 96 valence electrons. The summed E-state index contributed by atoms with van der Waals surface area (Å²) < 4.78 is 5.41. The highest BCUT2D eigenvalue weighted by Crippen LogP contribution is 2.22. The van der Waals surface area contributed by atoms with Crippen molar-refractivity contribution in [1.29, 1.82) is 0 Å². The van der Waals surface area contributed by atoms with Gasteiger partial charge in [0.2, 0.25) is 0 Å². The van der Waals surface area contributed by atoms with Crippen LogP contribution in [-0.2, 0) is 6.54 Å². The van der Waals surface area contributed by atoms with E-state index < -0.39 is 0 Å². The fourth-order valence-corrected chi connectivity index (χ4v) is 1.91. The molecule has 18 heavy (non-hydrogen) atoms. The molecule has 0 saturated heterocycles. The van der Waals surface area contributed by atoms with Gasteiger partial charge in [-0.3, -0.25) is 4.79 Å². The number of nitrogens with zero attached hydrogens (tertiary/aromatic N) is 1. The molecule has 0 aliphatic heterocycles. The van der Waals surface area contributed by atoms with Gasteiger partial charge in [-0.1, -0.05) is 23.2 Å². The van der Waals surface area contributed by atoms with Crippen molar-refractivity contribution in [3.8, 4) is 0 Å². The molecule has 0 saturated carbocycles. The van der Waals surface area contributed by atoms with Crippen LogP contribution >= 0.6 is 23.2 Å². The van der Waals surface area contributed by atoms with Crippen LogP contribution < -0.4 is 0 Å². The van der Waals surface area contributed by atoms with Crippen LogP contribution in [0.5, 0.6) is 0 Å². The molecule has 0 aliphatic rings. The lowest BCUT2D eigenvalue weighted by molar-refractivity contribution is 0.0770. The van der Waals surface area contributed by atoms with Gasteiger partial charge in [-0.15, -0.1) is 0 Å². The molecule has 2 heterocycles. The maximum atomic E-state index is 12.1. The van der Waals surface area contributed by atoms with E-state index in [0.29, 0.717) is 17.3 Å². The number of rotatable bonds is 3. The van der Waals surface area contributed by atoms with E-state index in [-0.39, 0.29) is 11.1 Å². The largest absolute Gasteiger partial charge is 0.464 e. The molecule has 0 atom stereocenters. The Morgan fingerprint density at radius 3 is 2.67 bits per heavy atom. The second-order valence-corrected chi connectivity index (χ2v) is 4.80. The summed E-state index contributed by atoms with van der Waals surface area (Å²) in [5, 5.41) is 0.601. The highest BCUT2D eigenvalue weighted by atomic mass is 35.5. The SMILES string of the molecule is Cc1ccc(CN(C)C(=O)c2cc(Cl)c(Cl)[nH]2)o1. The zero-order valence-corrected chi connectivity index (χ0v) is 11.5. The van der Waals surface area contributed by atoms with E-state index in [4.69, 9.17) is 27.6 Å². The van der Waals surface area contributed by atoms with E-state index in [0.717, 1.165) is 11.5 Å². The third kappa shape index (κ3) is 2.71. The number of aryl methyl sites for hydroxylation is 1. The molecule has 6 heteroatoms. The molecule has 1 amide bonds. The molecule has 0 bridgehead atoms.